The van der Waals surface area contributed by atoms with Crippen molar-refractivity contribution in [2.24, 2.45) is 10.7 Å². The van der Waals surface area contributed by atoms with Crippen LogP contribution in [-0.4, -0.2) is 52.7 Å². The van der Waals surface area contributed by atoms with Gasteiger partial charge in [0.05, 0.1) is 23.6 Å². The van der Waals surface area contributed by atoms with Crippen LogP contribution in [0, 0.1) is 0 Å². The van der Waals surface area contributed by atoms with Crippen LogP contribution in [0.5, 0.6) is 0 Å². The molecular formula is C32H50FN7O2. The first-order valence-electron chi connectivity index (χ1n) is 14.7. The van der Waals surface area contributed by atoms with Gasteiger partial charge in [0.2, 0.25) is 11.8 Å². The van der Waals surface area contributed by atoms with Crippen LogP contribution in [0.25, 0.3) is 5.57 Å². The van der Waals surface area contributed by atoms with Crippen LogP contribution in [0.1, 0.15) is 96.6 Å². The predicted molar refractivity (Wildman–Crippen MR) is 171 cm³/mol. The Hall–Kier alpha value is -3.63. The lowest BCUT2D eigenvalue weighted by Gasteiger charge is -2.30. The molecule has 0 bridgehead atoms. The highest BCUT2D eigenvalue weighted by molar-refractivity contribution is 6.05. The zero-order chi connectivity index (χ0) is 31.8. The number of nitrogens with one attached hydrogen (secondary N) is 2. The van der Waals surface area contributed by atoms with Gasteiger partial charge in [-0.15, -0.1) is 0 Å². The Kier molecular flexibility index (Phi) is 16.2. The number of hydrogen-bond acceptors (Lipinski definition) is 6. The van der Waals surface area contributed by atoms with Gasteiger partial charge in [0.15, 0.2) is 0 Å². The number of rotatable bonds is 16. The van der Waals surface area contributed by atoms with E-state index in [0.29, 0.717) is 41.7 Å². The van der Waals surface area contributed by atoms with E-state index < -0.39 is 17.9 Å². The van der Waals surface area contributed by atoms with Gasteiger partial charge in [-0.05, 0) is 64.5 Å². The van der Waals surface area contributed by atoms with Crippen molar-refractivity contribution in [1.29, 1.82) is 0 Å². The number of amidine groups is 1. The molecule has 9 nitrogen and oxygen atoms in total. The fourth-order valence-corrected chi connectivity index (χ4v) is 4.70. The summed E-state index contributed by atoms with van der Waals surface area (Å²) in [4.78, 5) is 36.0. The molecule has 1 aromatic heterocycles. The van der Waals surface area contributed by atoms with Crippen molar-refractivity contribution in [3.63, 3.8) is 0 Å². The van der Waals surface area contributed by atoms with Gasteiger partial charge in [0.1, 0.15) is 17.5 Å². The smallest absolute Gasteiger partial charge is 0.229 e. The number of halogens is 1. The number of amides is 2. The zero-order valence-corrected chi connectivity index (χ0v) is 26.6. The van der Waals surface area contributed by atoms with Crippen LogP contribution in [0.2, 0.25) is 0 Å². The molecule has 0 aliphatic heterocycles. The molecule has 1 aromatic rings. The molecule has 0 saturated heterocycles. The predicted octanol–water partition coefficient (Wildman–Crippen LogP) is 5.66. The van der Waals surface area contributed by atoms with Crippen LogP contribution in [0.15, 0.2) is 59.4 Å². The number of aromatic nitrogens is 2. The van der Waals surface area contributed by atoms with E-state index >= 15 is 4.39 Å². The van der Waals surface area contributed by atoms with E-state index in [1.165, 1.54) is 12.2 Å². The van der Waals surface area contributed by atoms with Crippen LogP contribution in [0.4, 0.5) is 4.39 Å². The molecule has 4 N–H and O–H groups in total. The van der Waals surface area contributed by atoms with Gasteiger partial charge in [-0.2, -0.15) is 0 Å². The van der Waals surface area contributed by atoms with Crippen molar-refractivity contribution in [1.82, 2.24) is 25.1 Å². The maximum absolute atomic E-state index is 15.3. The third-order valence-corrected chi connectivity index (χ3v) is 6.84. The van der Waals surface area contributed by atoms with Crippen molar-refractivity contribution in [2.75, 3.05) is 20.6 Å². The second kappa shape index (κ2) is 18.7. The summed E-state index contributed by atoms with van der Waals surface area (Å²) in [7, 11) is 3.32. The molecule has 2 amide bonds. The summed E-state index contributed by atoms with van der Waals surface area (Å²) in [6, 6.07) is -0.261. The Balaban J connectivity index is 3.62. The Morgan fingerprint density at radius 2 is 1.93 bits per heavy atom. The van der Waals surface area contributed by atoms with Gasteiger partial charge >= 0.3 is 0 Å². The van der Waals surface area contributed by atoms with E-state index in [4.69, 9.17) is 10.7 Å². The summed E-state index contributed by atoms with van der Waals surface area (Å²) in [5, 5.41) is 5.78. The molecule has 0 aliphatic carbocycles. The average molecular weight is 584 g/mol. The summed E-state index contributed by atoms with van der Waals surface area (Å²) in [6.45, 7) is 16.2. The number of imidazole rings is 1. The molecule has 2 atom stereocenters. The van der Waals surface area contributed by atoms with Gasteiger partial charge in [-0.3, -0.25) is 14.6 Å². The van der Waals surface area contributed by atoms with Crippen LogP contribution < -0.4 is 16.4 Å². The highest BCUT2D eigenvalue weighted by Crippen LogP contribution is 2.33. The molecule has 0 saturated carbocycles. The van der Waals surface area contributed by atoms with E-state index in [1.807, 2.05) is 32.3 Å². The van der Waals surface area contributed by atoms with E-state index in [-0.39, 0.29) is 18.4 Å². The molecule has 0 aliphatic rings. The van der Waals surface area contributed by atoms with E-state index in [2.05, 4.69) is 29.1 Å². The van der Waals surface area contributed by atoms with Crippen LogP contribution in [0.3, 0.4) is 0 Å². The van der Waals surface area contributed by atoms with Crippen molar-refractivity contribution in [3.8, 4) is 0 Å². The van der Waals surface area contributed by atoms with E-state index in [1.54, 1.807) is 50.2 Å². The molecule has 1 rings (SSSR count). The lowest BCUT2D eigenvalue weighted by molar-refractivity contribution is -0.131. The molecule has 0 aromatic carbocycles. The molecule has 232 valence electrons. The molecular weight excluding hydrogens is 533 g/mol. The summed E-state index contributed by atoms with van der Waals surface area (Å²) in [5.74, 6) is 0.0549. The van der Waals surface area contributed by atoms with Crippen molar-refractivity contribution < 1.29 is 14.0 Å². The van der Waals surface area contributed by atoms with Gasteiger partial charge in [-0.25, -0.2) is 9.37 Å². The number of carbonyl (C=O) groups excluding carboxylic acids is 2. The molecule has 0 fully saturated rings. The second-order valence-electron chi connectivity index (χ2n) is 9.65. The number of hydrogen-bond donors (Lipinski definition) is 3. The Bertz CT molecular complexity index is 1220. The normalized spacial score (nSPS) is 14.7. The average Bonchev–Trinajstić information content (AvgIpc) is 3.36. The van der Waals surface area contributed by atoms with Gasteiger partial charge in [0, 0.05) is 39.1 Å². The SMILES string of the molecule is C=CC(=CC(=NC)NC(=O)CC=C(F)C=C(C=CC)c1nc(C(CCC)N(CC)C(C)=O)n(CC)c1C(N)NC)CC. The quantitative estimate of drug-likeness (QED) is 0.100. The summed E-state index contributed by atoms with van der Waals surface area (Å²) < 4.78 is 17.3. The zero-order valence-electron chi connectivity index (χ0n) is 26.6. The first-order valence-corrected chi connectivity index (χ1v) is 14.7. The highest BCUT2D eigenvalue weighted by Gasteiger charge is 2.30. The highest BCUT2D eigenvalue weighted by atomic mass is 19.1. The van der Waals surface area contributed by atoms with Gasteiger partial charge in [0.25, 0.3) is 0 Å². The Morgan fingerprint density at radius 1 is 1.24 bits per heavy atom. The van der Waals surface area contributed by atoms with Gasteiger partial charge < -0.3 is 25.8 Å². The second-order valence-corrected chi connectivity index (χ2v) is 9.65. The summed E-state index contributed by atoms with van der Waals surface area (Å²) in [6.07, 6.45) is 11.1. The third kappa shape index (κ3) is 10.0. The maximum Gasteiger partial charge on any atom is 0.229 e. The molecule has 1 heterocycles. The maximum atomic E-state index is 15.3. The number of allylic oxidation sites excluding steroid dienone is 7. The fourth-order valence-electron chi connectivity index (χ4n) is 4.70. The molecule has 42 heavy (non-hydrogen) atoms. The van der Waals surface area contributed by atoms with Crippen molar-refractivity contribution >= 4 is 23.2 Å². The lowest BCUT2D eigenvalue weighted by Crippen LogP contribution is -2.35. The van der Waals surface area contributed by atoms with Gasteiger partial charge in [-0.1, -0.05) is 45.1 Å². The fraction of sp³-hybridized carbons (Fsp3) is 0.500. The first kappa shape index (κ1) is 36.4. The monoisotopic (exact) mass is 583 g/mol. The summed E-state index contributed by atoms with van der Waals surface area (Å²) >= 11 is 0. The standard InChI is InChI=1S/C32H50FN7O2/c1-10-16-24(21-25(33)18-19-28(42)37-27(35-8)20-23(12-3)13-4)29-30(31(34)36-9)40(15-6)32(38-29)26(17-11-2)39(14-5)22(7)41/h10,12,16,18,20-21,26,31,36H,3,11,13-15,17,19,34H2,1-2,4-9H3,(H,35,37,42). The van der Waals surface area contributed by atoms with E-state index in [9.17, 15) is 9.59 Å². The number of nitrogens with two attached hydrogens (primary N) is 1. The Morgan fingerprint density at radius 3 is 2.40 bits per heavy atom. The Labute approximate surface area is 251 Å². The topological polar surface area (TPSA) is 118 Å². The van der Waals surface area contributed by atoms with Crippen LogP contribution >= 0.6 is 0 Å². The molecule has 2 unspecified atom stereocenters. The minimum Gasteiger partial charge on any atom is -0.333 e. The molecule has 0 spiro atoms. The summed E-state index contributed by atoms with van der Waals surface area (Å²) in [5.41, 5.74) is 9.14. The van der Waals surface area contributed by atoms with Crippen LogP contribution in [-0.2, 0) is 16.1 Å². The number of carbonyl (C=O) groups is 2. The molecule has 10 heteroatoms. The number of nitrogens with zero attached hydrogens (tertiary/aromatic N) is 4. The van der Waals surface area contributed by atoms with Crippen molar-refractivity contribution in [2.45, 2.75) is 86.0 Å². The largest absolute Gasteiger partial charge is 0.333 e. The minimum absolute atomic E-state index is 0.0405. The molecule has 0 radical (unpaired) electrons. The van der Waals surface area contributed by atoms with Crippen molar-refractivity contribution in [3.05, 3.63) is 71.6 Å². The number of aliphatic imine (C=N–C) groups is 1. The first-order chi connectivity index (χ1) is 20.1. The minimum atomic E-state index is -0.593. The third-order valence-electron chi connectivity index (χ3n) is 6.84. The lowest BCUT2D eigenvalue weighted by atomic mass is 10.1. The van der Waals surface area contributed by atoms with E-state index in [0.717, 1.165) is 24.8 Å².